The lowest BCUT2D eigenvalue weighted by molar-refractivity contribution is 0.109. The molecule has 2 unspecified atom stereocenters. The zero-order valence-electron chi connectivity index (χ0n) is 11.0. The van der Waals surface area contributed by atoms with Gasteiger partial charge in [0, 0.05) is 25.2 Å². The Morgan fingerprint density at radius 3 is 2.74 bits per heavy atom. The third-order valence-corrected chi connectivity index (χ3v) is 4.30. The van der Waals surface area contributed by atoms with Gasteiger partial charge in [0.1, 0.15) is 11.6 Å². The van der Waals surface area contributed by atoms with Crippen molar-refractivity contribution in [1.29, 1.82) is 0 Å². The van der Waals surface area contributed by atoms with Crippen molar-refractivity contribution in [1.82, 2.24) is 10.2 Å². The van der Waals surface area contributed by atoms with Crippen LogP contribution in [0, 0.1) is 17.6 Å². The first-order valence-electron chi connectivity index (χ1n) is 7.11. The van der Waals surface area contributed by atoms with Crippen LogP contribution in [0.3, 0.4) is 0 Å². The number of piperidine rings is 2. The molecule has 4 heteroatoms. The van der Waals surface area contributed by atoms with Gasteiger partial charge in [0.2, 0.25) is 0 Å². The highest BCUT2D eigenvalue weighted by Gasteiger charge is 2.30. The van der Waals surface area contributed by atoms with Crippen LogP contribution < -0.4 is 5.32 Å². The summed E-state index contributed by atoms with van der Waals surface area (Å²) in [4.78, 5) is 2.32. The van der Waals surface area contributed by atoms with Gasteiger partial charge in [-0.1, -0.05) is 0 Å². The summed E-state index contributed by atoms with van der Waals surface area (Å²) in [5.74, 6) is -0.269. The minimum absolute atomic E-state index is 0.482. The van der Waals surface area contributed by atoms with E-state index in [1.807, 2.05) is 0 Å². The highest BCUT2D eigenvalue weighted by molar-refractivity contribution is 5.18. The molecule has 0 saturated carbocycles. The van der Waals surface area contributed by atoms with E-state index in [-0.39, 0.29) is 0 Å². The number of rotatable bonds is 2. The van der Waals surface area contributed by atoms with Crippen molar-refractivity contribution in [3.8, 4) is 0 Å². The van der Waals surface area contributed by atoms with Crippen molar-refractivity contribution >= 4 is 0 Å². The zero-order chi connectivity index (χ0) is 13.2. The molecule has 0 spiro atoms. The Hall–Kier alpha value is -1.00. The van der Waals surface area contributed by atoms with Gasteiger partial charge in [-0.3, -0.25) is 4.90 Å². The van der Waals surface area contributed by atoms with E-state index >= 15 is 0 Å². The number of hydrogen-bond donors (Lipinski definition) is 1. The summed E-state index contributed by atoms with van der Waals surface area (Å²) in [7, 11) is 0. The molecule has 0 amide bonds. The molecule has 1 aromatic carbocycles. The third-order valence-electron chi connectivity index (χ3n) is 4.30. The third kappa shape index (κ3) is 3.12. The van der Waals surface area contributed by atoms with Crippen LogP contribution in [0.5, 0.6) is 0 Å². The summed E-state index contributed by atoms with van der Waals surface area (Å²) < 4.78 is 26.4. The Morgan fingerprint density at radius 1 is 1.16 bits per heavy atom. The number of nitrogens with one attached hydrogen (secondary N) is 1. The van der Waals surface area contributed by atoms with Gasteiger partial charge < -0.3 is 5.32 Å². The van der Waals surface area contributed by atoms with Crippen LogP contribution in [0.15, 0.2) is 18.2 Å². The monoisotopic (exact) mass is 266 g/mol. The number of hydrogen-bond acceptors (Lipinski definition) is 2. The Labute approximate surface area is 112 Å². The summed E-state index contributed by atoms with van der Waals surface area (Å²) in [6, 6.07) is 4.46. The van der Waals surface area contributed by atoms with Gasteiger partial charge in [-0.15, -0.1) is 0 Å². The average Bonchev–Trinajstić information content (AvgIpc) is 2.37. The highest BCUT2D eigenvalue weighted by Crippen LogP contribution is 2.26. The summed E-state index contributed by atoms with van der Waals surface area (Å²) in [5.41, 5.74) is 0.736. The van der Waals surface area contributed by atoms with E-state index in [1.54, 1.807) is 0 Å². The second kappa shape index (κ2) is 5.55. The molecule has 0 bridgehead atoms. The standard InChI is InChI=1S/C15H20F2N2/c16-13-6-11(7-14(17)8-13)9-19-5-3-15-12(10-19)2-1-4-18-15/h6-8,12,15,18H,1-5,9-10H2. The minimum atomic E-state index is -0.482. The Balaban J connectivity index is 1.64. The van der Waals surface area contributed by atoms with Crippen LogP contribution in [0.1, 0.15) is 24.8 Å². The maximum Gasteiger partial charge on any atom is 0.126 e. The molecule has 1 aromatic rings. The average molecular weight is 266 g/mol. The molecular weight excluding hydrogens is 246 g/mol. The molecule has 19 heavy (non-hydrogen) atoms. The van der Waals surface area contributed by atoms with Gasteiger partial charge >= 0.3 is 0 Å². The van der Waals surface area contributed by atoms with E-state index in [0.29, 0.717) is 18.5 Å². The molecule has 1 N–H and O–H groups in total. The van der Waals surface area contributed by atoms with Crippen LogP contribution in [-0.2, 0) is 6.54 Å². The lowest BCUT2D eigenvalue weighted by Gasteiger charge is -2.41. The van der Waals surface area contributed by atoms with Gasteiger partial charge in [0.15, 0.2) is 0 Å². The molecule has 2 aliphatic rings. The van der Waals surface area contributed by atoms with Gasteiger partial charge in [-0.05, 0) is 56.0 Å². The predicted octanol–water partition coefficient (Wildman–Crippen LogP) is 2.54. The molecule has 104 valence electrons. The second-order valence-electron chi connectivity index (χ2n) is 5.76. The fraction of sp³-hybridized carbons (Fsp3) is 0.600. The van der Waals surface area contributed by atoms with E-state index < -0.39 is 11.6 Å². The first-order valence-corrected chi connectivity index (χ1v) is 7.11. The van der Waals surface area contributed by atoms with Crippen LogP contribution in [0.4, 0.5) is 8.78 Å². The number of benzene rings is 1. The first-order chi connectivity index (χ1) is 9.20. The van der Waals surface area contributed by atoms with Crippen LogP contribution in [0.2, 0.25) is 0 Å². The quantitative estimate of drug-likeness (QED) is 0.885. The lowest BCUT2D eigenvalue weighted by atomic mass is 9.85. The van der Waals surface area contributed by atoms with Crippen LogP contribution >= 0.6 is 0 Å². The Morgan fingerprint density at radius 2 is 1.95 bits per heavy atom. The summed E-state index contributed by atoms with van der Waals surface area (Å²) in [6.45, 7) is 3.83. The first kappa shape index (κ1) is 13.0. The fourth-order valence-electron chi connectivity index (χ4n) is 3.42. The normalized spacial score (nSPS) is 28.1. The molecule has 2 saturated heterocycles. The van der Waals surface area contributed by atoms with E-state index in [0.717, 1.165) is 37.7 Å². The maximum atomic E-state index is 13.2. The molecule has 0 aromatic heterocycles. The molecular formula is C15H20F2N2. The molecule has 2 nitrogen and oxygen atoms in total. The Bertz CT molecular complexity index is 430. The number of likely N-dealkylation sites (tertiary alicyclic amines) is 1. The highest BCUT2D eigenvalue weighted by atomic mass is 19.1. The molecule has 2 heterocycles. The lowest BCUT2D eigenvalue weighted by Crippen LogP contribution is -2.51. The second-order valence-corrected chi connectivity index (χ2v) is 5.76. The summed E-state index contributed by atoms with van der Waals surface area (Å²) >= 11 is 0. The predicted molar refractivity (Wildman–Crippen MR) is 70.8 cm³/mol. The van der Waals surface area contributed by atoms with E-state index in [9.17, 15) is 8.78 Å². The minimum Gasteiger partial charge on any atom is -0.314 e. The smallest absolute Gasteiger partial charge is 0.126 e. The van der Waals surface area contributed by atoms with Crippen molar-refractivity contribution in [2.24, 2.45) is 5.92 Å². The molecule has 2 atom stereocenters. The largest absolute Gasteiger partial charge is 0.314 e. The molecule has 2 fully saturated rings. The van der Waals surface area contributed by atoms with Gasteiger partial charge in [-0.25, -0.2) is 8.78 Å². The van der Waals surface area contributed by atoms with E-state index in [2.05, 4.69) is 10.2 Å². The molecule has 0 radical (unpaired) electrons. The topological polar surface area (TPSA) is 15.3 Å². The van der Waals surface area contributed by atoms with Gasteiger partial charge in [0.05, 0.1) is 0 Å². The van der Waals surface area contributed by atoms with Gasteiger partial charge in [-0.2, -0.15) is 0 Å². The van der Waals surface area contributed by atoms with Crippen molar-refractivity contribution in [2.45, 2.75) is 31.8 Å². The molecule has 3 rings (SSSR count). The number of nitrogens with zero attached hydrogens (tertiary/aromatic N) is 1. The van der Waals surface area contributed by atoms with Crippen molar-refractivity contribution in [2.75, 3.05) is 19.6 Å². The van der Waals surface area contributed by atoms with Crippen molar-refractivity contribution in [3.05, 3.63) is 35.4 Å². The summed E-state index contributed by atoms with van der Waals surface area (Å²) in [6.07, 6.45) is 3.65. The molecule has 0 aliphatic carbocycles. The van der Waals surface area contributed by atoms with Crippen molar-refractivity contribution < 1.29 is 8.78 Å². The SMILES string of the molecule is Fc1cc(F)cc(CN2CCC3NCCCC3C2)c1. The van der Waals surface area contributed by atoms with E-state index in [4.69, 9.17) is 0 Å². The maximum absolute atomic E-state index is 13.2. The van der Waals surface area contributed by atoms with Crippen molar-refractivity contribution in [3.63, 3.8) is 0 Å². The number of fused-ring (bicyclic) bond motifs is 1. The molecule has 2 aliphatic heterocycles. The van der Waals surface area contributed by atoms with Crippen LogP contribution in [-0.4, -0.2) is 30.6 Å². The zero-order valence-corrected chi connectivity index (χ0v) is 11.0. The van der Waals surface area contributed by atoms with E-state index in [1.165, 1.54) is 25.0 Å². The van der Waals surface area contributed by atoms with Crippen LogP contribution in [0.25, 0.3) is 0 Å². The Kier molecular flexibility index (Phi) is 3.80. The number of halogens is 2. The van der Waals surface area contributed by atoms with Gasteiger partial charge in [0.25, 0.3) is 0 Å². The summed E-state index contributed by atoms with van der Waals surface area (Å²) in [5, 5.41) is 3.58. The fourth-order valence-corrected chi connectivity index (χ4v) is 3.42.